The lowest BCUT2D eigenvalue weighted by Crippen LogP contribution is -2.37. The molecule has 0 aliphatic carbocycles. The number of rotatable bonds is 8. The average Bonchev–Trinajstić information content (AvgIpc) is 2.96. The number of hydrogen-bond acceptors (Lipinski definition) is 4. The molecule has 1 aliphatic rings. The molecule has 2 rings (SSSR count). The second kappa shape index (κ2) is 8.25. The Kier molecular flexibility index (Phi) is 6.33. The zero-order chi connectivity index (χ0) is 15.1. The van der Waals surface area contributed by atoms with Gasteiger partial charge in [0.1, 0.15) is 0 Å². The maximum Gasteiger partial charge on any atom is 0.165 e. The van der Waals surface area contributed by atoms with Crippen molar-refractivity contribution in [3.8, 4) is 11.5 Å². The first-order valence-electron chi connectivity index (χ1n) is 8.03. The second-order valence-corrected chi connectivity index (χ2v) is 5.44. The quantitative estimate of drug-likeness (QED) is 0.799. The molecule has 4 nitrogen and oxygen atoms in total. The molecule has 1 heterocycles. The Labute approximate surface area is 128 Å². The van der Waals surface area contributed by atoms with Gasteiger partial charge in [-0.15, -0.1) is 0 Å². The van der Waals surface area contributed by atoms with Gasteiger partial charge in [-0.2, -0.15) is 0 Å². The van der Waals surface area contributed by atoms with Crippen molar-refractivity contribution >= 4 is 0 Å². The van der Waals surface area contributed by atoms with Gasteiger partial charge in [-0.05, 0) is 38.9 Å². The van der Waals surface area contributed by atoms with Crippen LogP contribution in [0.3, 0.4) is 0 Å². The first-order valence-corrected chi connectivity index (χ1v) is 8.03. The van der Waals surface area contributed by atoms with Crippen molar-refractivity contribution in [1.29, 1.82) is 0 Å². The summed E-state index contributed by atoms with van der Waals surface area (Å²) < 4.78 is 11.1. The van der Waals surface area contributed by atoms with Crippen LogP contribution in [0.4, 0.5) is 0 Å². The SMILES string of the molecule is CCOc1c(CNC[C@H]2CCCN2CC)cccc1OC. The minimum Gasteiger partial charge on any atom is -0.493 e. The van der Waals surface area contributed by atoms with Crippen LogP contribution in [-0.4, -0.2) is 44.3 Å². The highest BCUT2D eigenvalue weighted by molar-refractivity contribution is 5.46. The van der Waals surface area contributed by atoms with Crippen molar-refractivity contribution in [2.75, 3.05) is 33.4 Å². The molecule has 1 aliphatic heterocycles. The fourth-order valence-electron chi connectivity index (χ4n) is 3.09. The van der Waals surface area contributed by atoms with Gasteiger partial charge in [0, 0.05) is 24.7 Å². The minimum absolute atomic E-state index is 0.652. The molecule has 1 fully saturated rings. The van der Waals surface area contributed by atoms with Gasteiger partial charge in [-0.1, -0.05) is 19.1 Å². The standard InChI is InChI=1S/C17H28N2O2/c1-4-19-11-7-9-15(19)13-18-12-14-8-6-10-16(20-3)17(14)21-5-2/h6,8,10,15,18H,4-5,7,9,11-13H2,1-3H3/t15-/m1/s1. The first kappa shape index (κ1) is 16.1. The largest absolute Gasteiger partial charge is 0.493 e. The highest BCUT2D eigenvalue weighted by atomic mass is 16.5. The summed E-state index contributed by atoms with van der Waals surface area (Å²) in [6, 6.07) is 6.75. The third-order valence-electron chi connectivity index (χ3n) is 4.17. The molecule has 1 atom stereocenters. The molecule has 0 amide bonds. The van der Waals surface area contributed by atoms with E-state index in [1.807, 2.05) is 19.1 Å². The molecule has 0 radical (unpaired) electrons. The van der Waals surface area contributed by atoms with Crippen LogP contribution in [0.15, 0.2) is 18.2 Å². The normalized spacial score (nSPS) is 18.9. The maximum atomic E-state index is 5.75. The Bertz CT molecular complexity index is 437. The molecule has 1 N–H and O–H groups in total. The maximum absolute atomic E-state index is 5.75. The van der Waals surface area contributed by atoms with E-state index in [1.165, 1.54) is 19.4 Å². The fraction of sp³-hybridized carbons (Fsp3) is 0.647. The summed E-state index contributed by atoms with van der Waals surface area (Å²) in [6.07, 6.45) is 2.63. The molecule has 1 aromatic carbocycles. The Balaban J connectivity index is 1.93. The van der Waals surface area contributed by atoms with Crippen LogP contribution < -0.4 is 14.8 Å². The topological polar surface area (TPSA) is 33.7 Å². The molecule has 21 heavy (non-hydrogen) atoms. The third kappa shape index (κ3) is 4.11. The summed E-state index contributed by atoms with van der Waals surface area (Å²) in [6.45, 7) is 9.15. The van der Waals surface area contributed by atoms with E-state index in [0.29, 0.717) is 12.6 Å². The molecule has 0 bridgehead atoms. The fourth-order valence-corrected chi connectivity index (χ4v) is 3.09. The first-order chi connectivity index (χ1) is 10.3. The molecular weight excluding hydrogens is 264 g/mol. The van der Waals surface area contributed by atoms with Gasteiger partial charge in [-0.3, -0.25) is 4.90 Å². The van der Waals surface area contributed by atoms with E-state index in [1.54, 1.807) is 7.11 Å². The second-order valence-electron chi connectivity index (χ2n) is 5.44. The highest BCUT2D eigenvalue weighted by Crippen LogP contribution is 2.31. The van der Waals surface area contributed by atoms with Gasteiger partial charge < -0.3 is 14.8 Å². The number of nitrogens with zero attached hydrogens (tertiary/aromatic N) is 1. The predicted molar refractivity (Wildman–Crippen MR) is 86.1 cm³/mol. The van der Waals surface area contributed by atoms with Crippen LogP contribution in [-0.2, 0) is 6.54 Å². The van der Waals surface area contributed by atoms with Crippen molar-refractivity contribution in [1.82, 2.24) is 10.2 Å². The van der Waals surface area contributed by atoms with Crippen molar-refractivity contribution in [3.63, 3.8) is 0 Å². The molecule has 118 valence electrons. The monoisotopic (exact) mass is 292 g/mol. The molecule has 0 spiro atoms. The summed E-state index contributed by atoms with van der Waals surface area (Å²) in [7, 11) is 1.69. The van der Waals surface area contributed by atoms with E-state index in [4.69, 9.17) is 9.47 Å². The van der Waals surface area contributed by atoms with Gasteiger partial charge in [0.05, 0.1) is 13.7 Å². The Hall–Kier alpha value is -1.26. The number of hydrogen-bond donors (Lipinski definition) is 1. The Morgan fingerprint density at radius 1 is 1.33 bits per heavy atom. The van der Waals surface area contributed by atoms with Crippen LogP contribution in [0.5, 0.6) is 11.5 Å². The van der Waals surface area contributed by atoms with Crippen LogP contribution in [0.25, 0.3) is 0 Å². The molecule has 1 aromatic rings. The van der Waals surface area contributed by atoms with E-state index in [2.05, 4.69) is 23.2 Å². The van der Waals surface area contributed by atoms with Crippen molar-refractivity contribution in [2.24, 2.45) is 0 Å². The molecule has 0 saturated carbocycles. The zero-order valence-corrected chi connectivity index (χ0v) is 13.5. The molecule has 0 unspecified atom stereocenters. The summed E-state index contributed by atoms with van der Waals surface area (Å²) in [4.78, 5) is 2.56. The van der Waals surface area contributed by atoms with Gasteiger partial charge >= 0.3 is 0 Å². The number of benzene rings is 1. The predicted octanol–water partition coefficient (Wildman–Crippen LogP) is 2.67. The lowest BCUT2D eigenvalue weighted by molar-refractivity contribution is 0.259. The summed E-state index contributed by atoms with van der Waals surface area (Å²) in [5.41, 5.74) is 1.16. The van der Waals surface area contributed by atoms with Crippen molar-refractivity contribution < 1.29 is 9.47 Å². The third-order valence-corrected chi connectivity index (χ3v) is 4.17. The summed E-state index contributed by atoms with van der Waals surface area (Å²) in [5.74, 6) is 1.68. The number of ether oxygens (including phenoxy) is 2. The number of methoxy groups -OCH3 is 1. The van der Waals surface area contributed by atoms with Gasteiger partial charge in [0.15, 0.2) is 11.5 Å². The van der Waals surface area contributed by atoms with Crippen LogP contribution in [0, 0.1) is 0 Å². The zero-order valence-electron chi connectivity index (χ0n) is 13.5. The van der Waals surface area contributed by atoms with E-state index in [-0.39, 0.29) is 0 Å². The lowest BCUT2D eigenvalue weighted by Gasteiger charge is -2.23. The number of likely N-dealkylation sites (tertiary alicyclic amines) is 1. The molecule has 4 heteroatoms. The van der Waals surface area contributed by atoms with Gasteiger partial charge in [0.25, 0.3) is 0 Å². The number of nitrogens with one attached hydrogen (secondary N) is 1. The lowest BCUT2D eigenvalue weighted by atomic mass is 10.1. The number of likely N-dealkylation sites (N-methyl/N-ethyl adjacent to an activating group) is 1. The summed E-state index contributed by atoms with van der Waals surface area (Å²) in [5, 5.41) is 3.58. The van der Waals surface area contributed by atoms with Gasteiger partial charge in [0.2, 0.25) is 0 Å². The molecule has 1 saturated heterocycles. The van der Waals surface area contributed by atoms with E-state index >= 15 is 0 Å². The average molecular weight is 292 g/mol. The van der Waals surface area contributed by atoms with Crippen LogP contribution in [0.2, 0.25) is 0 Å². The van der Waals surface area contributed by atoms with Crippen molar-refractivity contribution in [3.05, 3.63) is 23.8 Å². The Morgan fingerprint density at radius 3 is 2.90 bits per heavy atom. The highest BCUT2D eigenvalue weighted by Gasteiger charge is 2.22. The molecular formula is C17H28N2O2. The van der Waals surface area contributed by atoms with E-state index < -0.39 is 0 Å². The van der Waals surface area contributed by atoms with E-state index in [0.717, 1.165) is 36.7 Å². The number of para-hydroxylation sites is 1. The Morgan fingerprint density at radius 2 is 2.19 bits per heavy atom. The summed E-state index contributed by atoms with van der Waals surface area (Å²) >= 11 is 0. The van der Waals surface area contributed by atoms with Gasteiger partial charge in [-0.25, -0.2) is 0 Å². The van der Waals surface area contributed by atoms with E-state index in [9.17, 15) is 0 Å². The molecule has 0 aromatic heterocycles. The van der Waals surface area contributed by atoms with Crippen molar-refractivity contribution in [2.45, 2.75) is 39.3 Å². The smallest absolute Gasteiger partial charge is 0.165 e. The minimum atomic E-state index is 0.652. The van der Waals surface area contributed by atoms with Crippen LogP contribution >= 0.6 is 0 Å². The van der Waals surface area contributed by atoms with Crippen LogP contribution in [0.1, 0.15) is 32.3 Å².